The minimum Gasteiger partial charge on any atom is -0.386 e. The molecule has 1 aromatic rings. The van der Waals surface area contributed by atoms with Crippen molar-refractivity contribution in [1.82, 2.24) is 9.29 Å². The maximum Gasteiger partial charge on any atom is 0.262 e. The number of pyridine rings is 1. The largest absolute Gasteiger partial charge is 0.386 e. The first-order valence-electron chi connectivity index (χ1n) is 5.87. The fourth-order valence-electron chi connectivity index (χ4n) is 1.87. The lowest BCUT2D eigenvalue weighted by atomic mass is 10.4. The number of nitrogens with zero attached hydrogens (tertiary/aromatic N) is 2. The van der Waals surface area contributed by atoms with Crippen molar-refractivity contribution < 1.29 is 8.42 Å². The van der Waals surface area contributed by atoms with E-state index in [2.05, 4.69) is 10.3 Å². The first kappa shape index (κ1) is 13.6. The van der Waals surface area contributed by atoms with Gasteiger partial charge in [0.25, 0.3) is 10.0 Å². The van der Waals surface area contributed by atoms with Crippen molar-refractivity contribution in [2.75, 3.05) is 37.0 Å². The van der Waals surface area contributed by atoms with Gasteiger partial charge in [0.2, 0.25) is 0 Å². The molecule has 0 saturated carbocycles. The van der Waals surface area contributed by atoms with Crippen molar-refractivity contribution in [3.63, 3.8) is 0 Å². The molecular formula is C11H17N3O2S2. The standard InChI is InChI=1S/C11H17N3O2S2/c1-12-10-4-2-5-13-11(10)18(15,16)14-6-3-8-17-9-7-14/h2,4-5,12H,3,6-9H2,1H3. The van der Waals surface area contributed by atoms with Crippen LogP contribution in [0.4, 0.5) is 5.69 Å². The van der Waals surface area contributed by atoms with Crippen molar-refractivity contribution >= 4 is 27.5 Å². The Labute approximate surface area is 112 Å². The van der Waals surface area contributed by atoms with E-state index in [9.17, 15) is 8.42 Å². The number of thioether (sulfide) groups is 1. The third kappa shape index (κ3) is 2.78. The summed E-state index contributed by atoms with van der Waals surface area (Å²) in [7, 11) is -1.78. The second-order valence-corrected chi connectivity index (χ2v) is 7.05. The lowest BCUT2D eigenvalue weighted by molar-refractivity contribution is 0.433. The van der Waals surface area contributed by atoms with E-state index in [1.54, 1.807) is 30.9 Å². The average molecular weight is 287 g/mol. The van der Waals surface area contributed by atoms with Crippen LogP contribution >= 0.6 is 11.8 Å². The van der Waals surface area contributed by atoms with Crippen LogP contribution in [0.15, 0.2) is 23.4 Å². The Hall–Kier alpha value is -0.790. The van der Waals surface area contributed by atoms with E-state index in [0.29, 0.717) is 18.8 Å². The molecule has 1 fully saturated rings. The van der Waals surface area contributed by atoms with Crippen molar-refractivity contribution in [2.45, 2.75) is 11.4 Å². The van der Waals surface area contributed by atoms with Crippen LogP contribution in [0.2, 0.25) is 0 Å². The maximum atomic E-state index is 12.5. The Morgan fingerprint density at radius 1 is 1.39 bits per heavy atom. The first-order chi connectivity index (χ1) is 8.66. The third-order valence-electron chi connectivity index (χ3n) is 2.81. The molecule has 2 heterocycles. The minimum atomic E-state index is -3.48. The molecule has 0 unspecified atom stereocenters. The molecule has 0 aromatic carbocycles. The molecule has 18 heavy (non-hydrogen) atoms. The van der Waals surface area contributed by atoms with Crippen LogP contribution in [0.3, 0.4) is 0 Å². The smallest absolute Gasteiger partial charge is 0.262 e. The first-order valence-corrected chi connectivity index (χ1v) is 8.46. The van der Waals surface area contributed by atoms with Gasteiger partial charge in [-0.15, -0.1) is 0 Å². The van der Waals surface area contributed by atoms with Crippen molar-refractivity contribution in [2.24, 2.45) is 0 Å². The van der Waals surface area contributed by atoms with E-state index in [0.717, 1.165) is 17.9 Å². The summed E-state index contributed by atoms with van der Waals surface area (Å²) in [5.74, 6) is 1.87. The summed E-state index contributed by atoms with van der Waals surface area (Å²) in [4.78, 5) is 4.03. The Kier molecular flexibility index (Phi) is 4.47. The Morgan fingerprint density at radius 3 is 3.00 bits per heavy atom. The number of nitrogens with one attached hydrogen (secondary N) is 1. The zero-order valence-electron chi connectivity index (χ0n) is 10.3. The van der Waals surface area contributed by atoms with Crippen LogP contribution in [0.5, 0.6) is 0 Å². The molecule has 0 atom stereocenters. The number of anilines is 1. The van der Waals surface area contributed by atoms with E-state index >= 15 is 0 Å². The molecule has 100 valence electrons. The minimum absolute atomic E-state index is 0.124. The summed E-state index contributed by atoms with van der Waals surface area (Å²) in [6.45, 7) is 1.14. The Balaban J connectivity index is 2.34. The SMILES string of the molecule is CNc1cccnc1S(=O)(=O)N1CCCSCC1. The van der Waals surface area contributed by atoms with E-state index in [1.807, 2.05) is 0 Å². The molecule has 0 aliphatic carbocycles. The van der Waals surface area contributed by atoms with Crippen LogP contribution in [0.1, 0.15) is 6.42 Å². The van der Waals surface area contributed by atoms with Gasteiger partial charge in [-0.1, -0.05) is 0 Å². The molecule has 1 aliphatic rings. The van der Waals surface area contributed by atoms with E-state index in [4.69, 9.17) is 0 Å². The molecule has 1 aromatic heterocycles. The summed E-state index contributed by atoms with van der Waals surface area (Å²) in [6.07, 6.45) is 2.41. The lowest BCUT2D eigenvalue weighted by Gasteiger charge is -2.20. The fourth-order valence-corrected chi connectivity index (χ4v) is 4.46. The molecule has 1 N–H and O–H groups in total. The van der Waals surface area contributed by atoms with Gasteiger partial charge in [-0.3, -0.25) is 0 Å². The van der Waals surface area contributed by atoms with Gasteiger partial charge < -0.3 is 5.32 Å². The second-order valence-electron chi connectivity index (χ2n) is 3.98. The van der Waals surface area contributed by atoms with Gasteiger partial charge in [0.15, 0.2) is 5.03 Å². The van der Waals surface area contributed by atoms with Crippen LogP contribution < -0.4 is 5.32 Å². The predicted octanol–water partition coefficient (Wildman–Crippen LogP) is 1.25. The molecule has 0 spiro atoms. The van der Waals surface area contributed by atoms with Crippen LogP contribution in [-0.2, 0) is 10.0 Å². The highest BCUT2D eigenvalue weighted by molar-refractivity contribution is 7.99. The van der Waals surface area contributed by atoms with Gasteiger partial charge in [0, 0.05) is 32.1 Å². The summed E-state index contributed by atoms with van der Waals surface area (Å²) in [5.41, 5.74) is 0.550. The zero-order valence-corrected chi connectivity index (χ0v) is 11.9. The molecule has 1 saturated heterocycles. The van der Waals surface area contributed by atoms with E-state index in [-0.39, 0.29) is 5.03 Å². The van der Waals surface area contributed by atoms with E-state index < -0.39 is 10.0 Å². The van der Waals surface area contributed by atoms with Gasteiger partial charge in [-0.2, -0.15) is 16.1 Å². The van der Waals surface area contributed by atoms with Crippen molar-refractivity contribution in [3.8, 4) is 0 Å². The van der Waals surface area contributed by atoms with Gasteiger partial charge in [0.1, 0.15) is 0 Å². The second kappa shape index (κ2) is 5.90. The highest BCUT2D eigenvalue weighted by atomic mass is 32.2. The molecular weight excluding hydrogens is 270 g/mol. The number of hydrogen-bond acceptors (Lipinski definition) is 5. The number of hydrogen-bond donors (Lipinski definition) is 1. The number of sulfonamides is 1. The fraction of sp³-hybridized carbons (Fsp3) is 0.545. The summed E-state index contributed by atoms with van der Waals surface area (Å²) in [5, 5.41) is 3.01. The monoisotopic (exact) mass is 287 g/mol. The lowest BCUT2D eigenvalue weighted by Crippen LogP contribution is -2.33. The quantitative estimate of drug-likeness (QED) is 0.906. The van der Waals surface area contributed by atoms with Crippen LogP contribution in [0.25, 0.3) is 0 Å². The van der Waals surface area contributed by atoms with Gasteiger partial charge >= 0.3 is 0 Å². The molecule has 1 aliphatic heterocycles. The summed E-state index contributed by atoms with van der Waals surface area (Å²) >= 11 is 1.80. The summed E-state index contributed by atoms with van der Waals surface area (Å²) < 4.78 is 26.6. The van der Waals surface area contributed by atoms with Crippen molar-refractivity contribution in [1.29, 1.82) is 0 Å². The Morgan fingerprint density at radius 2 is 2.22 bits per heavy atom. The predicted molar refractivity (Wildman–Crippen MR) is 74.5 cm³/mol. The van der Waals surface area contributed by atoms with Crippen LogP contribution in [0, 0.1) is 0 Å². The van der Waals surface area contributed by atoms with Gasteiger partial charge in [-0.05, 0) is 24.3 Å². The number of aromatic nitrogens is 1. The topological polar surface area (TPSA) is 62.3 Å². The molecule has 0 bridgehead atoms. The van der Waals surface area contributed by atoms with Crippen LogP contribution in [-0.4, -0.2) is 49.3 Å². The highest BCUT2D eigenvalue weighted by Gasteiger charge is 2.28. The Bertz CT molecular complexity index is 497. The third-order valence-corrected chi connectivity index (χ3v) is 5.71. The molecule has 2 rings (SSSR count). The molecule has 5 nitrogen and oxygen atoms in total. The zero-order chi connectivity index (χ0) is 13.0. The number of rotatable bonds is 3. The highest BCUT2D eigenvalue weighted by Crippen LogP contribution is 2.23. The molecule has 0 amide bonds. The van der Waals surface area contributed by atoms with Crippen molar-refractivity contribution in [3.05, 3.63) is 18.3 Å². The molecule has 7 heteroatoms. The van der Waals surface area contributed by atoms with E-state index in [1.165, 1.54) is 10.5 Å². The van der Waals surface area contributed by atoms with Gasteiger partial charge in [0.05, 0.1) is 5.69 Å². The average Bonchev–Trinajstić information content (AvgIpc) is 2.68. The summed E-state index contributed by atoms with van der Waals surface area (Å²) in [6, 6.07) is 3.45. The van der Waals surface area contributed by atoms with Gasteiger partial charge in [-0.25, -0.2) is 13.4 Å². The molecule has 0 radical (unpaired) electrons. The normalized spacial score (nSPS) is 18.3. The maximum absolute atomic E-state index is 12.5.